The number of nitrogens with zero attached hydrogens (tertiary/aromatic N) is 3. The van der Waals surface area contributed by atoms with Crippen molar-refractivity contribution in [1.29, 1.82) is 0 Å². The van der Waals surface area contributed by atoms with E-state index >= 15 is 0 Å². The Hall–Kier alpha value is -3.74. The second kappa shape index (κ2) is 8.32. The van der Waals surface area contributed by atoms with Gasteiger partial charge in [-0.3, -0.25) is 9.59 Å². The Balaban J connectivity index is 1.59. The quantitative estimate of drug-likeness (QED) is 0.681. The normalized spacial score (nSPS) is 13.5. The van der Waals surface area contributed by atoms with Gasteiger partial charge in [-0.25, -0.2) is 0 Å². The lowest BCUT2D eigenvalue weighted by Gasteiger charge is -2.19. The van der Waals surface area contributed by atoms with Gasteiger partial charge in [-0.1, -0.05) is 6.07 Å². The van der Waals surface area contributed by atoms with Gasteiger partial charge in [-0.2, -0.15) is 10.2 Å². The largest absolute Gasteiger partial charge is 0.457 e. The summed E-state index contributed by atoms with van der Waals surface area (Å²) in [6.07, 6.45) is 1.43. The van der Waals surface area contributed by atoms with E-state index in [0.717, 1.165) is 35.5 Å². The van der Waals surface area contributed by atoms with E-state index < -0.39 is 5.91 Å². The highest BCUT2D eigenvalue weighted by atomic mass is 16.5. The van der Waals surface area contributed by atoms with E-state index in [1.54, 1.807) is 23.1 Å². The van der Waals surface area contributed by atoms with Gasteiger partial charge in [0.2, 0.25) is 11.8 Å². The van der Waals surface area contributed by atoms with E-state index in [-0.39, 0.29) is 5.91 Å². The molecule has 1 saturated heterocycles. The first kappa shape index (κ1) is 19.6. The topological polar surface area (TPSA) is 98.4 Å². The number of carbonyl (C=O) groups excluding carboxylic acids is 2. The molecule has 4 rings (SSSR count). The number of nitrogens with two attached hydrogens (primary N) is 1. The summed E-state index contributed by atoms with van der Waals surface area (Å²) in [6.45, 7) is 3.05. The van der Waals surface area contributed by atoms with Gasteiger partial charge in [0.25, 0.3) is 0 Å². The number of likely N-dealkylation sites (tertiary alicyclic amines) is 1. The summed E-state index contributed by atoms with van der Waals surface area (Å²) in [7, 11) is 0. The molecule has 1 aliphatic heterocycles. The molecule has 7 nitrogen and oxygen atoms in total. The highest BCUT2D eigenvalue weighted by Crippen LogP contribution is 2.30. The van der Waals surface area contributed by atoms with E-state index in [0.29, 0.717) is 30.0 Å². The van der Waals surface area contributed by atoms with Crippen molar-refractivity contribution in [1.82, 2.24) is 15.1 Å². The molecule has 3 aromatic rings. The molecule has 2 N–H and O–H groups in total. The van der Waals surface area contributed by atoms with Crippen molar-refractivity contribution < 1.29 is 14.3 Å². The van der Waals surface area contributed by atoms with Crippen molar-refractivity contribution in [2.24, 2.45) is 5.73 Å². The van der Waals surface area contributed by atoms with Crippen LogP contribution in [0.3, 0.4) is 0 Å². The van der Waals surface area contributed by atoms with Crippen molar-refractivity contribution in [2.45, 2.75) is 26.3 Å². The fraction of sp³-hybridized carbons (Fsp3) is 0.217. The first-order chi connectivity index (χ1) is 14.5. The van der Waals surface area contributed by atoms with Crippen LogP contribution in [0.2, 0.25) is 0 Å². The Morgan fingerprint density at radius 2 is 1.90 bits per heavy atom. The van der Waals surface area contributed by atoms with Crippen molar-refractivity contribution in [2.75, 3.05) is 6.54 Å². The lowest BCUT2D eigenvalue weighted by Crippen LogP contribution is -2.24. The van der Waals surface area contributed by atoms with Crippen molar-refractivity contribution >= 4 is 11.8 Å². The van der Waals surface area contributed by atoms with Crippen LogP contribution in [0.15, 0.2) is 54.6 Å². The molecule has 0 atom stereocenters. The third kappa shape index (κ3) is 4.30. The SMILES string of the molecule is Cc1ccc(-c2ccc(Oc3cc(C(N)=O)ccc3CN3CCCC3=O)cc2)nn1. The first-order valence-electron chi connectivity index (χ1n) is 9.79. The molecule has 1 aromatic heterocycles. The standard InChI is InChI=1S/C23H22N4O3/c1-15-4-11-20(26-25-15)16-7-9-19(10-8-16)30-21-13-17(23(24)29)5-6-18(21)14-27-12-2-3-22(27)28/h4-11,13H,2-3,12,14H2,1H3,(H2,24,29). The number of hydrogen-bond donors (Lipinski definition) is 1. The molecule has 2 amide bonds. The van der Waals surface area contributed by atoms with E-state index in [1.165, 1.54) is 0 Å². The molecule has 2 heterocycles. The summed E-state index contributed by atoms with van der Waals surface area (Å²) in [5.41, 5.74) is 9.16. The van der Waals surface area contributed by atoms with Gasteiger partial charge in [-0.05, 0) is 61.9 Å². The molecule has 30 heavy (non-hydrogen) atoms. The molecule has 1 fully saturated rings. The molecule has 0 aliphatic carbocycles. The zero-order valence-corrected chi connectivity index (χ0v) is 16.7. The van der Waals surface area contributed by atoms with E-state index in [9.17, 15) is 9.59 Å². The van der Waals surface area contributed by atoms with Crippen LogP contribution in [-0.4, -0.2) is 33.5 Å². The average molecular weight is 402 g/mol. The average Bonchev–Trinajstić information content (AvgIpc) is 3.15. The second-order valence-corrected chi connectivity index (χ2v) is 7.29. The molecule has 0 radical (unpaired) electrons. The zero-order valence-electron chi connectivity index (χ0n) is 16.7. The predicted molar refractivity (Wildman–Crippen MR) is 112 cm³/mol. The highest BCUT2D eigenvalue weighted by Gasteiger charge is 2.22. The van der Waals surface area contributed by atoms with Gasteiger partial charge in [0.15, 0.2) is 0 Å². The van der Waals surface area contributed by atoms with Gasteiger partial charge in [0, 0.05) is 36.2 Å². The third-order valence-electron chi connectivity index (χ3n) is 5.06. The van der Waals surface area contributed by atoms with Crippen molar-refractivity contribution in [3.63, 3.8) is 0 Å². The van der Waals surface area contributed by atoms with Crippen LogP contribution in [0.4, 0.5) is 0 Å². The monoisotopic (exact) mass is 402 g/mol. The second-order valence-electron chi connectivity index (χ2n) is 7.29. The Labute approximate surface area is 174 Å². The number of primary amides is 1. The molecule has 0 spiro atoms. The maximum Gasteiger partial charge on any atom is 0.248 e. The number of rotatable bonds is 6. The third-order valence-corrected chi connectivity index (χ3v) is 5.06. The Kier molecular flexibility index (Phi) is 5.43. The maximum absolute atomic E-state index is 12.0. The van der Waals surface area contributed by atoms with Crippen LogP contribution in [-0.2, 0) is 11.3 Å². The lowest BCUT2D eigenvalue weighted by molar-refractivity contribution is -0.128. The molecule has 2 aromatic carbocycles. The van der Waals surface area contributed by atoms with Crippen LogP contribution in [0.5, 0.6) is 11.5 Å². The lowest BCUT2D eigenvalue weighted by atomic mass is 10.1. The predicted octanol–water partition coefficient (Wildman–Crippen LogP) is 3.47. The number of aryl methyl sites for hydroxylation is 1. The Bertz CT molecular complexity index is 1080. The summed E-state index contributed by atoms with van der Waals surface area (Å²) < 4.78 is 6.07. The Morgan fingerprint density at radius 3 is 2.53 bits per heavy atom. The molecule has 152 valence electrons. The van der Waals surface area contributed by atoms with Crippen molar-refractivity contribution in [3.8, 4) is 22.8 Å². The van der Waals surface area contributed by atoms with E-state index in [2.05, 4.69) is 10.2 Å². The van der Waals surface area contributed by atoms with E-state index in [1.807, 2.05) is 43.3 Å². The van der Waals surface area contributed by atoms with Gasteiger partial charge >= 0.3 is 0 Å². The number of hydrogen-bond acceptors (Lipinski definition) is 5. The fourth-order valence-corrected chi connectivity index (χ4v) is 3.38. The minimum absolute atomic E-state index is 0.128. The zero-order chi connectivity index (χ0) is 21.1. The van der Waals surface area contributed by atoms with Crippen LogP contribution in [0, 0.1) is 6.92 Å². The molecule has 0 saturated carbocycles. The number of benzene rings is 2. The minimum atomic E-state index is -0.531. The molecular formula is C23H22N4O3. The number of amides is 2. The summed E-state index contributed by atoms with van der Waals surface area (Å²) in [5.74, 6) is 0.712. The summed E-state index contributed by atoms with van der Waals surface area (Å²) in [4.78, 5) is 25.4. The molecular weight excluding hydrogens is 380 g/mol. The summed E-state index contributed by atoms with van der Waals surface area (Å²) in [5, 5.41) is 8.27. The van der Waals surface area contributed by atoms with Gasteiger partial charge in [0.1, 0.15) is 11.5 Å². The fourth-order valence-electron chi connectivity index (χ4n) is 3.38. The van der Waals surface area contributed by atoms with Crippen LogP contribution < -0.4 is 10.5 Å². The van der Waals surface area contributed by atoms with Crippen LogP contribution >= 0.6 is 0 Å². The molecule has 1 aliphatic rings. The van der Waals surface area contributed by atoms with Gasteiger partial charge in [-0.15, -0.1) is 0 Å². The Morgan fingerprint density at radius 1 is 1.10 bits per heavy atom. The highest BCUT2D eigenvalue weighted by molar-refractivity contribution is 5.93. The number of ether oxygens (including phenoxy) is 1. The van der Waals surface area contributed by atoms with E-state index in [4.69, 9.17) is 10.5 Å². The summed E-state index contributed by atoms with van der Waals surface area (Å²) in [6, 6.07) is 16.4. The molecule has 7 heteroatoms. The first-order valence-corrected chi connectivity index (χ1v) is 9.79. The summed E-state index contributed by atoms with van der Waals surface area (Å²) >= 11 is 0. The minimum Gasteiger partial charge on any atom is -0.457 e. The smallest absolute Gasteiger partial charge is 0.248 e. The van der Waals surface area contributed by atoms with Crippen molar-refractivity contribution in [3.05, 3.63) is 71.4 Å². The number of carbonyl (C=O) groups is 2. The number of aromatic nitrogens is 2. The van der Waals surface area contributed by atoms with Crippen LogP contribution in [0.25, 0.3) is 11.3 Å². The van der Waals surface area contributed by atoms with Gasteiger partial charge in [0.05, 0.1) is 11.4 Å². The maximum atomic E-state index is 12.0. The molecule has 0 unspecified atom stereocenters. The van der Waals surface area contributed by atoms with Crippen LogP contribution in [0.1, 0.15) is 34.5 Å². The van der Waals surface area contributed by atoms with Gasteiger partial charge < -0.3 is 15.4 Å². The molecule has 0 bridgehead atoms.